The fraction of sp³-hybridized carbons (Fsp3) is 0.348. The monoisotopic (exact) mass is 424 g/mol. The molecule has 156 valence electrons. The van der Waals surface area contributed by atoms with Crippen molar-refractivity contribution in [3.8, 4) is 5.69 Å². The zero-order valence-electron chi connectivity index (χ0n) is 17.2. The molecule has 3 heterocycles. The van der Waals surface area contributed by atoms with Gasteiger partial charge in [0.25, 0.3) is 0 Å². The maximum Gasteiger partial charge on any atom is 0.170 e. The van der Waals surface area contributed by atoms with Crippen LogP contribution >= 0.6 is 11.6 Å². The van der Waals surface area contributed by atoms with Crippen LogP contribution in [0.3, 0.4) is 0 Å². The molecule has 0 atom stereocenters. The van der Waals surface area contributed by atoms with E-state index >= 15 is 0 Å². The minimum absolute atomic E-state index is 0.0100. The summed E-state index contributed by atoms with van der Waals surface area (Å²) in [6.07, 6.45) is 4.98. The zero-order valence-corrected chi connectivity index (χ0v) is 17.9. The van der Waals surface area contributed by atoms with Crippen molar-refractivity contribution >= 4 is 23.2 Å². The van der Waals surface area contributed by atoms with Crippen LogP contribution in [0, 0.1) is 13.8 Å². The van der Waals surface area contributed by atoms with Crippen molar-refractivity contribution in [1.82, 2.24) is 14.8 Å². The van der Waals surface area contributed by atoms with Gasteiger partial charge in [-0.05, 0) is 56.0 Å². The van der Waals surface area contributed by atoms with Crippen LogP contribution in [-0.2, 0) is 6.42 Å². The average molecular weight is 425 g/mol. The zero-order chi connectivity index (χ0) is 21.3. The van der Waals surface area contributed by atoms with E-state index in [1.54, 1.807) is 23.1 Å². The highest BCUT2D eigenvalue weighted by molar-refractivity contribution is 6.30. The summed E-state index contributed by atoms with van der Waals surface area (Å²) >= 11 is 6.08. The number of carbonyl (C=O) groups excluding carboxylic acids is 1. The van der Waals surface area contributed by atoms with E-state index in [2.05, 4.69) is 15.0 Å². The molecule has 0 unspecified atom stereocenters. The van der Waals surface area contributed by atoms with Gasteiger partial charge in [-0.2, -0.15) is 5.10 Å². The number of piperidine rings is 1. The lowest BCUT2D eigenvalue weighted by atomic mass is 10.0. The number of hydrogen-bond acceptors (Lipinski definition) is 5. The van der Waals surface area contributed by atoms with Crippen molar-refractivity contribution in [2.24, 2.45) is 0 Å². The first kappa shape index (κ1) is 20.6. The predicted octanol–water partition coefficient (Wildman–Crippen LogP) is 3.92. The van der Waals surface area contributed by atoms with Crippen LogP contribution in [0.4, 0.5) is 5.82 Å². The number of Topliss-reactive ketones (excluding diaryl/α,β-unsaturated/α-hetero) is 1. The number of carbonyl (C=O) groups is 1. The first-order valence-corrected chi connectivity index (χ1v) is 10.5. The van der Waals surface area contributed by atoms with Gasteiger partial charge in [0, 0.05) is 30.7 Å². The molecule has 2 aromatic heterocycles. The van der Waals surface area contributed by atoms with E-state index in [0.29, 0.717) is 10.6 Å². The number of aryl methyl sites for hydroxylation is 1. The van der Waals surface area contributed by atoms with Gasteiger partial charge in [0.15, 0.2) is 5.78 Å². The molecule has 0 spiro atoms. The van der Waals surface area contributed by atoms with Crippen molar-refractivity contribution in [2.75, 3.05) is 18.0 Å². The van der Waals surface area contributed by atoms with Crippen molar-refractivity contribution in [1.29, 1.82) is 0 Å². The second-order valence-electron chi connectivity index (χ2n) is 7.84. The molecule has 7 heteroatoms. The first-order chi connectivity index (χ1) is 14.4. The number of hydrogen-bond donors (Lipinski definition) is 1. The normalized spacial score (nSPS) is 14.9. The summed E-state index contributed by atoms with van der Waals surface area (Å²) in [7, 11) is 0. The average Bonchev–Trinajstić information content (AvgIpc) is 3.10. The summed E-state index contributed by atoms with van der Waals surface area (Å²) in [5.74, 6) is 0.943. The highest BCUT2D eigenvalue weighted by atomic mass is 35.5. The molecule has 30 heavy (non-hydrogen) atoms. The number of ketones is 1. The highest BCUT2D eigenvalue weighted by Gasteiger charge is 2.20. The molecule has 0 aliphatic carbocycles. The number of rotatable bonds is 5. The lowest BCUT2D eigenvalue weighted by molar-refractivity contribution is 0.0992. The highest BCUT2D eigenvalue weighted by Crippen LogP contribution is 2.24. The molecule has 1 N–H and O–H groups in total. The fourth-order valence-electron chi connectivity index (χ4n) is 3.96. The fourth-order valence-corrected chi connectivity index (χ4v) is 4.15. The van der Waals surface area contributed by atoms with Crippen LogP contribution in [0.15, 0.2) is 42.7 Å². The molecule has 1 saturated heterocycles. The van der Waals surface area contributed by atoms with Crippen molar-refractivity contribution in [2.45, 2.75) is 39.2 Å². The van der Waals surface area contributed by atoms with E-state index in [1.807, 2.05) is 38.1 Å². The van der Waals surface area contributed by atoms with Gasteiger partial charge in [0.2, 0.25) is 0 Å². The number of aliphatic hydroxyl groups is 1. The van der Waals surface area contributed by atoms with E-state index in [0.717, 1.165) is 54.3 Å². The minimum atomic E-state index is -0.213. The smallest absolute Gasteiger partial charge is 0.170 e. The van der Waals surface area contributed by atoms with Gasteiger partial charge in [-0.15, -0.1) is 0 Å². The lowest BCUT2D eigenvalue weighted by Gasteiger charge is -2.31. The molecular weight excluding hydrogens is 400 g/mol. The Hall–Kier alpha value is -2.70. The first-order valence-electron chi connectivity index (χ1n) is 10.1. The minimum Gasteiger partial charge on any atom is -0.393 e. The molecule has 4 rings (SSSR count). The Kier molecular flexibility index (Phi) is 5.88. The topological polar surface area (TPSA) is 71.2 Å². The molecule has 1 fully saturated rings. The van der Waals surface area contributed by atoms with Crippen LogP contribution < -0.4 is 4.90 Å². The number of nitrogens with zero attached hydrogens (tertiary/aromatic N) is 4. The summed E-state index contributed by atoms with van der Waals surface area (Å²) in [4.78, 5) is 19.8. The molecule has 1 aromatic carbocycles. The van der Waals surface area contributed by atoms with Gasteiger partial charge in [-0.1, -0.05) is 23.7 Å². The number of halogens is 1. The van der Waals surface area contributed by atoms with Gasteiger partial charge in [-0.25, -0.2) is 9.67 Å². The van der Waals surface area contributed by atoms with Crippen molar-refractivity contribution in [3.63, 3.8) is 0 Å². The Bertz CT molecular complexity index is 1070. The molecule has 6 nitrogen and oxygen atoms in total. The van der Waals surface area contributed by atoms with E-state index in [4.69, 9.17) is 11.6 Å². The predicted molar refractivity (Wildman–Crippen MR) is 118 cm³/mol. The Morgan fingerprint density at radius 1 is 1.20 bits per heavy atom. The van der Waals surface area contributed by atoms with Gasteiger partial charge in [0.1, 0.15) is 5.82 Å². The molecule has 0 bridgehead atoms. The molecular formula is C23H25ClN4O2. The molecule has 0 saturated carbocycles. The van der Waals surface area contributed by atoms with Gasteiger partial charge < -0.3 is 10.0 Å². The van der Waals surface area contributed by atoms with Crippen LogP contribution in [0.5, 0.6) is 0 Å². The second-order valence-corrected chi connectivity index (χ2v) is 8.27. The third-order valence-electron chi connectivity index (χ3n) is 5.60. The third-order valence-corrected chi connectivity index (χ3v) is 5.83. The van der Waals surface area contributed by atoms with Crippen molar-refractivity contribution < 1.29 is 9.90 Å². The Labute approximate surface area is 181 Å². The number of aliphatic hydroxyl groups excluding tert-OH is 1. The second kappa shape index (κ2) is 8.58. The quantitative estimate of drug-likeness (QED) is 0.628. The van der Waals surface area contributed by atoms with Crippen LogP contribution in [0.25, 0.3) is 5.69 Å². The van der Waals surface area contributed by atoms with Gasteiger partial charge >= 0.3 is 0 Å². The largest absolute Gasteiger partial charge is 0.393 e. The molecule has 0 radical (unpaired) electrons. The molecule has 0 amide bonds. The van der Waals surface area contributed by atoms with Gasteiger partial charge in [0.05, 0.1) is 29.2 Å². The number of pyridine rings is 1. The third kappa shape index (κ3) is 4.25. The van der Waals surface area contributed by atoms with E-state index in [9.17, 15) is 9.90 Å². The summed E-state index contributed by atoms with van der Waals surface area (Å²) < 4.78 is 1.73. The summed E-state index contributed by atoms with van der Waals surface area (Å²) in [6, 6.07) is 9.43. The van der Waals surface area contributed by atoms with E-state index in [-0.39, 0.29) is 18.3 Å². The van der Waals surface area contributed by atoms with Crippen molar-refractivity contribution in [3.05, 3.63) is 70.1 Å². The van der Waals surface area contributed by atoms with Crippen LogP contribution in [-0.4, -0.2) is 44.8 Å². The SMILES string of the molecule is Cc1cc(CC(=O)c2cnn(-c3cccc(Cl)c3)c2C)cnc1N1CCC(O)CC1. The summed E-state index contributed by atoms with van der Waals surface area (Å²) in [5, 5.41) is 14.7. The standard InChI is InChI=1S/C23H25ClN4O2/c1-15-10-17(13-25-23(15)27-8-6-20(29)7-9-27)11-22(30)21-14-26-28(16(21)2)19-5-3-4-18(24)12-19/h3-5,10,12-14,20,29H,6-9,11H2,1-2H3. The Morgan fingerprint density at radius 3 is 2.67 bits per heavy atom. The molecule has 3 aromatic rings. The Balaban J connectivity index is 1.50. The lowest BCUT2D eigenvalue weighted by Crippen LogP contribution is -2.36. The summed E-state index contributed by atoms with van der Waals surface area (Å²) in [5.41, 5.74) is 4.14. The van der Waals surface area contributed by atoms with Crippen LogP contribution in [0.2, 0.25) is 5.02 Å². The number of benzene rings is 1. The number of aromatic nitrogens is 3. The maximum absolute atomic E-state index is 12.9. The van der Waals surface area contributed by atoms with Crippen LogP contribution in [0.1, 0.15) is 40.0 Å². The Morgan fingerprint density at radius 2 is 1.97 bits per heavy atom. The maximum atomic E-state index is 12.9. The molecule has 1 aliphatic heterocycles. The van der Waals surface area contributed by atoms with E-state index in [1.165, 1.54) is 0 Å². The van der Waals surface area contributed by atoms with E-state index < -0.39 is 0 Å². The number of anilines is 1. The summed E-state index contributed by atoms with van der Waals surface area (Å²) in [6.45, 7) is 5.51. The van der Waals surface area contributed by atoms with Gasteiger partial charge in [-0.3, -0.25) is 4.79 Å². The molecule has 1 aliphatic rings.